The molecule has 7 nitrogen and oxygen atoms in total. The van der Waals surface area contributed by atoms with E-state index in [-0.39, 0.29) is 5.97 Å². The maximum absolute atomic E-state index is 12.1. The minimum absolute atomic E-state index is 0.319. The molecule has 0 N–H and O–H groups in total. The molecule has 0 unspecified atom stereocenters. The fourth-order valence-electron chi connectivity index (χ4n) is 2.63. The Morgan fingerprint density at radius 1 is 1.12 bits per heavy atom. The van der Waals surface area contributed by atoms with Crippen molar-refractivity contribution in [3.8, 4) is 11.6 Å². The Hall–Kier alpha value is -3.13. The van der Waals surface area contributed by atoms with Crippen LogP contribution in [-0.2, 0) is 4.74 Å². The predicted octanol–water partition coefficient (Wildman–Crippen LogP) is 3.91. The number of esters is 1. The van der Waals surface area contributed by atoms with Crippen molar-refractivity contribution in [2.45, 2.75) is 13.8 Å². The summed E-state index contributed by atoms with van der Waals surface area (Å²) in [6.45, 7) is 3.93. The first-order valence-electron chi connectivity index (χ1n) is 7.97. The Morgan fingerprint density at radius 2 is 1.92 bits per heavy atom. The third kappa shape index (κ3) is 2.84. The molecule has 26 heavy (non-hydrogen) atoms. The van der Waals surface area contributed by atoms with Crippen LogP contribution in [-0.4, -0.2) is 32.5 Å². The van der Waals surface area contributed by atoms with E-state index in [1.165, 1.54) is 17.7 Å². The van der Waals surface area contributed by atoms with E-state index < -0.39 is 0 Å². The van der Waals surface area contributed by atoms with Crippen molar-refractivity contribution in [2.24, 2.45) is 0 Å². The molecule has 0 aliphatic rings. The largest absolute Gasteiger partial charge is 0.462 e. The number of rotatable bonds is 4. The Labute approximate surface area is 152 Å². The molecule has 0 fully saturated rings. The van der Waals surface area contributed by atoms with E-state index in [1.807, 2.05) is 13.0 Å². The molecule has 0 bridgehead atoms. The molecule has 4 aromatic rings. The first kappa shape index (κ1) is 16.3. The fraction of sp³-hybridized carbons (Fsp3) is 0.167. The second-order valence-corrected chi connectivity index (χ2v) is 6.44. The van der Waals surface area contributed by atoms with Crippen molar-refractivity contribution in [3.63, 3.8) is 0 Å². The van der Waals surface area contributed by atoms with Gasteiger partial charge in [0.2, 0.25) is 5.88 Å². The highest BCUT2D eigenvalue weighted by molar-refractivity contribution is 7.20. The highest BCUT2D eigenvalue weighted by Gasteiger charge is 2.21. The summed E-state index contributed by atoms with van der Waals surface area (Å²) in [5.74, 6) is 0.615. The maximum Gasteiger partial charge on any atom is 0.348 e. The molecule has 3 heterocycles. The molecular formula is C18H14N4O3S. The van der Waals surface area contributed by atoms with Crippen LogP contribution in [0.2, 0.25) is 0 Å². The molecule has 130 valence electrons. The number of nitrogens with zero attached hydrogens (tertiary/aromatic N) is 4. The monoisotopic (exact) mass is 366 g/mol. The highest BCUT2D eigenvalue weighted by Crippen LogP contribution is 2.36. The van der Waals surface area contributed by atoms with Crippen LogP contribution in [0.4, 0.5) is 0 Å². The molecule has 0 saturated carbocycles. The third-order valence-corrected chi connectivity index (χ3v) is 4.99. The number of hydrogen-bond donors (Lipinski definition) is 0. The zero-order valence-electron chi connectivity index (χ0n) is 14.1. The summed E-state index contributed by atoms with van der Waals surface area (Å²) in [5.41, 5.74) is 2.26. The van der Waals surface area contributed by atoms with E-state index in [1.54, 1.807) is 31.5 Å². The van der Waals surface area contributed by atoms with E-state index in [0.717, 1.165) is 16.6 Å². The molecule has 8 heteroatoms. The van der Waals surface area contributed by atoms with Crippen molar-refractivity contribution in [1.29, 1.82) is 0 Å². The SMILES string of the molecule is CCOC(=O)c1sc2ncnc(Oc3ccc4nccnc4c3)c2c1C. The standard InChI is InChI=1S/C18H14N4O3S/c1-3-24-18(23)15-10(2)14-16(21-9-22-17(14)26-15)25-11-4-5-12-13(8-11)20-7-6-19-12/h4-9H,3H2,1-2H3. The van der Waals surface area contributed by atoms with Gasteiger partial charge in [-0.05, 0) is 31.5 Å². The summed E-state index contributed by atoms with van der Waals surface area (Å²) < 4.78 is 11.1. The van der Waals surface area contributed by atoms with Gasteiger partial charge in [0.1, 0.15) is 21.8 Å². The summed E-state index contributed by atoms with van der Waals surface area (Å²) in [5, 5.41) is 0.708. The molecular weight excluding hydrogens is 352 g/mol. The highest BCUT2D eigenvalue weighted by atomic mass is 32.1. The van der Waals surface area contributed by atoms with Gasteiger partial charge in [-0.1, -0.05) is 0 Å². The van der Waals surface area contributed by atoms with Gasteiger partial charge >= 0.3 is 5.97 Å². The van der Waals surface area contributed by atoms with Crippen LogP contribution in [0, 0.1) is 6.92 Å². The second-order valence-electron chi connectivity index (χ2n) is 5.44. The lowest BCUT2D eigenvalue weighted by Gasteiger charge is -2.07. The number of hydrogen-bond acceptors (Lipinski definition) is 8. The van der Waals surface area contributed by atoms with E-state index in [4.69, 9.17) is 9.47 Å². The third-order valence-electron chi connectivity index (χ3n) is 3.81. The minimum Gasteiger partial charge on any atom is -0.462 e. The molecule has 3 aromatic heterocycles. The summed E-state index contributed by atoms with van der Waals surface area (Å²) in [4.78, 5) is 30.3. The van der Waals surface area contributed by atoms with Crippen molar-refractivity contribution in [2.75, 3.05) is 6.61 Å². The number of carbonyl (C=O) groups is 1. The molecule has 0 spiro atoms. The predicted molar refractivity (Wildman–Crippen MR) is 97.7 cm³/mol. The van der Waals surface area contributed by atoms with Gasteiger partial charge in [0.25, 0.3) is 0 Å². The topological polar surface area (TPSA) is 87.1 Å². The van der Waals surface area contributed by atoms with E-state index in [9.17, 15) is 4.79 Å². The lowest BCUT2D eigenvalue weighted by molar-refractivity contribution is 0.0531. The van der Waals surface area contributed by atoms with Crippen LogP contribution < -0.4 is 4.74 Å². The molecule has 0 saturated heterocycles. The Bertz CT molecular complexity index is 1130. The van der Waals surface area contributed by atoms with Crippen molar-refractivity contribution in [3.05, 3.63) is 47.4 Å². The number of fused-ring (bicyclic) bond motifs is 2. The smallest absolute Gasteiger partial charge is 0.348 e. The molecule has 0 atom stereocenters. The van der Waals surface area contributed by atoms with Crippen LogP contribution >= 0.6 is 11.3 Å². The number of ether oxygens (including phenoxy) is 2. The fourth-order valence-corrected chi connectivity index (χ4v) is 3.66. The van der Waals surface area contributed by atoms with Crippen LogP contribution in [0.25, 0.3) is 21.3 Å². The summed E-state index contributed by atoms with van der Waals surface area (Å²) in [6, 6.07) is 5.43. The maximum atomic E-state index is 12.1. The lowest BCUT2D eigenvalue weighted by Crippen LogP contribution is -2.03. The second kappa shape index (κ2) is 6.64. The van der Waals surface area contributed by atoms with E-state index >= 15 is 0 Å². The number of aryl methyl sites for hydroxylation is 1. The normalized spacial score (nSPS) is 11.0. The number of carbonyl (C=O) groups excluding carboxylic acids is 1. The van der Waals surface area contributed by atoms with Gasteiger partial charge in [-0.15, -0.1) is 11.3 Å². The first-order valence-corrected chi connectivity index (χ1v) is 8.79. The molecule has 0 radical (unpaired) electrons. The zero-order chi connectivity index (χ0) is 18.1. The summed E-state index contributed by atoms with van der Waals surface area (Å²) in [7, 11) is 0. The van der Waals surface area contributed by atoms with Gasteiger partial charge < -0.3 is 9.47 Å². The quantitative estimate of drug-likeness (QED) is 0.506. The van der Waals surface area contributed by atoms with Crippen LogP contribution in [0.1, 0.15) is 22.2 Å². The van der Waals surface area contributed by atoms with E-state index in [2.05, 4.69) is 19.9 Å². The minimum atomic E-state index is -0.361. The lowest BCUT2D eigenvalue weighted by atomic mass is 10.2. The van der Waals surface area contributed by atoms with Crippen LogP contribution in [0.15, 0.2) is 36.9 Å². The van der Waals surface area contributed by atoms with Gasteiger partial charge in [-0.25, -0.2) is 14.8 Å². The van der Waals surface area contributed by atoms with Crippen molar-refractivity contribution < 1.29 is 14.3 Å². The van der Waals surface area contributed by atoms with Gasteiger partial charge in [0.15, 0.2) is 0 Å². The van der Waals surface area contributed by atoms with Crippen molar-refractivity contribution in [1.82, 2.24) is 19.9 Å². The van der Waals surface area contributed by atoms with E-state index in [0.29, 0.717) is 33.3 Å². The van der Waals surface area contributed by atoms with Gasteiger partial charge in [-0.3, -0.25) is 9.97 Å². The molecule has 1 aromatic carbocycles. The average Bonchev–Trinajstić information content (AvgIpc) is 3.00. The first-order chi connectivity index (χ1) is 12.7. The molecule has 4 rings (SSSR count). The van der Waals surface area contributed by atoms with Gasteiger partial charge in [0.05, 0.1) is 23.0 Å². The number of thiophene rings is 1. The Balaban J connectivity index is 1.77. The zero-order valence-corrected chi connectivity index (χ0v) is 14.9. The summed E-state index contributed by atoms with van der Waals surface area (Å²) >= 11 is 1.27. The van der Waals surface area contributed by atoms with Crippen LogP contribution in [0.3, 0.4) is 0 Å². The number of aromatic nitrogens is 4. The number of benzene rings is 1. The van der Waals surface area contributed by atoms with Crippen molar-refractivity contribution >= 4 is 38.6 Å². The summed E-state index contributed by atoms with van der Waals surface area (Å²) in [6.07, 6.45) is 4.69. The average molecular weight is 366 g/mol. The molecule has 0 amide bonds. The van der Waals surface area contributed by atoms with Gasteiger partial charge in [0, 0.05) is 18.5 Å². The molecule has 0 aliphatic carbocycles. The molecule has 0 aliphatic heterocycles. The Morgan fingerprint density at radius 3 is 2.73 bits per heavy atom. The Kier molecular flexibility index (Phi) is 4.18. The van der Waals surface area contributed by atoms with Crippen LogP contribution in [0.5, 0.6) is 11.6 Å². The van der Waals surface area contributed by atoms with Gasteiger partial charge in [-0.2, -0.15) is 0 Å².